The molecule has 1 aromatic heterocycles. The number of halogens is 2. The number of pyridine rings is 1. The van der Waals surface area contributed by atoms with Crippen LogP contribution in [0.15, 0.2) is 12.1 Å². The van der Waals surface area contributed by atoms with E-state index in [1.165, 1.54) is 12.1 Å². The van der Waals surface area contributed by atoms with E-state index in [1.54, 1.807) is 0 Å². The molecule has 0 bridgehead atoms. The van der Waals surface area contributed by atoms with Gasteiger partial charge >= 0.3 is 0 Å². The second kappa shape index (κ2) is 2.19. The van der Waals surface area contributed by atoms with Gasteiger partial charge in [-0.05, 0) is 12.1 Å². The van der Waals surface area contributed by atoms with Crippen LogP contribution in [0.1, 0.15) is 0 Å². The number of nitrogens with zero attached hydrogens (tertiary/aromatic N) is 1. The molecule has 2 N–H and O–H groups in total. The van der Waals surface area contributed by atoms with E-state index in [4.69, 9.17) is 17.3 Å². The lowest BCUT2D eigenvalue weighted by atomic mass is 10.4. The fourth-order valence-electron chi connectivity index (χ4n) is 0.431. The summed E-state index contributed by atoms with van der Waals surface area (Å²) in [6.07, 6.45) is 0. The second-order valence-electron chi connectivity index (χ2n) is 1.51. The summed E-state index contributed by atoms with van der Waals surface area (Å²) in [5.41, 5.74) is 5.17. The van der Waals surface area contributed by atoms with Crippen molar-refractivity contribution in [1.82, 2.24) is 4.98 Å². The van der Waals surface area contributed by atoms with Crippen molar-refractivity contribution in [2.45, 2.75) is 0 Å². The molecule has 0 saturated carbocycles. The van der Waals surface area contributed by atoms with Gasteiger partial charge in [-0.3, -0.25) is 0 Å². The number of hydrogen-bond acceptors (Lipinski definition) is 2. The highest BCUT2D eigenvalue weighted by molar-refractivity contribution is 6.29. The van der Waals surface area contributed by atoms with Gasteiger partial charge in [-0.1, -0.05) is 11.6 Å². The molecule has 0 aliphatic heterocycles. The molecule has 0 unspecified atom stereocenters. The summed E-state index contributed by atoms with van der Waals surface area (Å²) in [5.74, 6) is -0.327. The van der Waals surface area contributed by atoms with Crippen LogP contribution >= 0.6 is 11.6 Å². The molecule has 2 nitrogen and oxygen atoms in total. The first-order valence-electron chi connectivity index (χ1n) is 2.27. The highest BCUT2D eigenvalue weighted by Gasteiger charge is 1.97. The number of nitrogen functional groups attached to an aromatic ring is 1. The predicted octanol–water partition coefficient (Wildman–Crippen LogP) is 1.46. The molecule has 0 aliphatic carbocycles. The van der Waals surface area contributed by atoms with Crippen LogP contribution in [0.25, 0.3) is 0 Å². The fraction of sp³-hybridized carbons (Fsp3) is 0. The minimum absolute atomic E-state index is 0.185. The molecule has 0 spiro atoms. The molecule has 0 amide bonds. The van der Waals surface area contributed by atoms with Gasteiger partial charge in [-0.2, -0.15) is 0 Å². The van der Waals surface area contributed by atoms with E-state index in [9.17, 15) is 4.39 Å². The maximum Gasteiger partial charge on any atom is 0.167 e. The van der Waals surface area contributed by atoms with E-state index in [1.807, 2.05) is 0 Å². The summed E-state index contributed by atoms with van der Waals surface area (Å²) in [6.45, 7) is 0. The summed E-state index contributed by atoms with van der Waals surface area (Å²) in [5, 5.41) is -0.185. The standard InChI is InChI=1S/C5H4ClFN2/c6-5-3(7)1-2-4(8)9-5/h1-2H,(H2,8,9). The lowest BCUT2D eigenvalue weighted by molar-refractivity contribution is 0.622. The molecular formula is C5H4ClFN2. The Labute approximate surface area is 56.5 Å². The van der Waals surface area contributed by atoms with E-state index >= 15 is 0 Å². The topological polar surface area (TPSA) is 38.9 Å². The van der Waals surface area contributed by atoms with Crippen molar-refractivity contribution < 1.29 is 4.39 Å². The van der Waals surface area contributed by atoms with Crippen LogP contribution in [0.5, 0.6) is 0 Å². The van der Waals surface area contributed by atoms with Crippen molar-refractivity contribution in [2.75, 3.05) is 5.73 Å². The van der Waals surface area contributed by atoms with Crippen molar-refractivity contribution in [2.24, 2.45) is 0 Å². The summed E-state index contributed by atoms with van der Waals surface area (Å²) < 4.78 is 12.2. The molecule has 0 atom stereocenters. The smallest absolute Gasteiger partial charge is 0.167 e. The lowest BCUT2D eigenvalue weighted by Crippen LogP contribution is -1.90. The number of hydrogen-bond donors (Lipinski definition) is 1. The zero-order valence-electron chi connectivity index (χ0n) is 4.44. The Morgan fingerprint density at radius 2 is 2.22 bits per heavy atom. The van der Waals surface area contributed by atoms with E-state index in [0.717, 1.165) is 0 Å². The Morgan fingerprint density at radius 1 is 1.56 bits per heavy atom. The van der Waals surface area contributed by atoms with E-state index in [-0.39, 0.29) is 11.0 Å². The summed E-state index contributed by atoms with van der Waals surface area (Å²) in [7, 11) is 0. The molecular weight excluding hydrogens is 143 g/mol. The van der Waals surface area contributed by atoms with E-state index in [0.29, 0.717) is 0 Å². The van der Waals surface area contributed by atoms with Crippen LogP contribution in [-0.2, 0) is 0 Å². The van der Waals surface area contributed by atoms with E-state index < -0.39 is 5.82 Å². The SMILES string of the molecule is Nc1ccc(F)c(Cl)n1. The Hall–Kier alpha value is -0.830. The monoisotopic (exact) mass is 146 g/mol. The normalized spacial score (nSPS) is 9.56. The first-order chi connectivity index (χ1) is 4.20. The Bertz CT molecular complexity index is 226. The largest absolute Gasteiger partial charge is 0.384 e. The van der Waals surface area contributed by atoms with Crippen LogP contribution in [0.2, 0.25) is 5.15 Å². The molecule has 4 heteroatoms. The summed E-state index contributed by atoms with van der Waals surface area (Å²) in [6, 6.07) is 2.52. The van der Waals surface area contributed by atoms with Crippen LogP contribution in [0.4, 0.5) is 10.2 Å². The van der Waals surface area contributed by atoms with Crippen molar-refractivity contribution >= 4 is 17.4 Å². The van der Waals surface area contributed by atoms with Gasteiger partial charge in [0, 0.05) is 0 Å². The molecule has 48 valence electrons. The third-order valence-electron chi connectivity index (χ3n) is 0.825. The quantitative estimate of drug-likeness (QED) is 0.563. The minimum atomic E-state index is -0.550. The van der Waals surface area contributed by atoms with Gasteiger partial charge in [0.15, 0.2) is 11.0 Å². The van der Waals surface area contributed by atoms with Crippen LogP contribution in [0, 0.1) is 5.82 Å². The Kier molecular flexibility index (Phi) is 1.53. The molecule has 9 heavy (non-hydrogen) atoms. The first kappa shape index (κ1) is 6.29. The van der Waals surface area contributed by atoms with Gasteiger partial charge in [0.2, 0.25) is 0 Å². The molecule has 0 aromatic carbocycles. The Morgan fingerprint density at radius 3 is 2.67 bits per heavy atom. The third kappa shape index (κ3) is 1.29. The second-order valence-corrected chi connectivity index (χ2v) is 1.87. The number of nitrogens with two attached hydrogens (primary N) is 1. The van der Waals surface area contributed by atoms with Crippen molar-refractivity contribution in [3.63, 3.8) is 0 Å². The summed E-state index contributed by atoms with van der Waals surface area (Å²) in [4.78, 5) is 3.44. The van der Waals surface area contributed by atoms with Crippen molar-refractivity contribution in [1.29, 1.82) is 0 Å². The lowest BCUT2D eigenvalue weighted by Gasteiger charge is -1.92. The minimum Gasteiger partial charge on any atom is -0.384 e. The molecule has 1 aromatic rings. The molecule has 1 rings (SSSR count). The molecule has 0 saturated heterocycles. The van der Waals surface area contributed by atoms with Gasteiger partial charge in [0.1, 0.15) is 5.82 Å². The maximum atomic E-state index is 12.2. The first-order valence-corrected chi connectivity index (χ1v) is 2.65. The molecule has 0 fully saturated rings. The highest BCUT2D eigenvalue weighted by atomic mass is 35.5. The number of rotatable bonds is 0. The number of anilines is 1. The Balaban J connectivity index is 3.17. The molecule has 0 radical (unpaired) electrons. The number of aromatic nitrogens is 1. The zero-order valence-corrected chi connectivity index (χ0v) is 5.19. The predicted molar refractivity (Wildman–Crippen MR) is 33.6 cm³/mol. The van der Waals surface area contributed by atoms with E-state index in [2.05, 4.69) is 4.98 Å². The van der Waals surface area contributed by atoms with Crippen molar-refractivity contribution in [3.05, 3.63) is 23.1 Å². The van der Waals surface area contributed by atoms with Crippen LogP contribution in [0.3, 0.4) is 0 Å². The van der Waals surface area contributed by atoms with Crippen LogP contribution < -0.4 is 5.73 Å². The highest BCUT2D eigenvalue weighted by Crippen LogP contribution is 2.11. The van der Waals surface area contributed by atoms with Gasteiger partial charge in [0.25, 0.3) is 0 Å². The molecule has 0 aliphatic rings. The van der Waals surface area contributed by atoms with Gasteiger partial charge in [0.05, 0.1) is 0 Å². The molecule has 1 heterocycles. The van der Waals surface area contributed by atoms with Crippen LogP contribution in [-0.4, -0.2) is 4.98 Å². The summed E-state index contributed by atoms with van der Waals surface area (Å²) >= 11 is 5.25. The third-order valence-corrected chi connectivity index (χ3v) is 1.09. The van der Waals surface area contributed by atoms with Gasteiger partial charge < -0.3 is 5.73 Å². The maximum absolute atomic E-state index is 12.2. The fourth-order valence-corrected chi connectivity index (χ4v) is 0.592. The average Bonchev–Trinajstić information content (AvgIpc) is 1.80. The van der Waals surface area contributed by atoms with Gasteiger partial charge in [-0.15, -0.1) is 0 Å². The van der Waals surface area contributed by atoms with Crippen molar-refractivity contribution in [3.8, 4) is 0 Å². The zero-order chi connectivity index (χ0) is 6.85. The average molecular weight is 147 g/mol. The van der Waals surface area contributed by atoms with Gasteiger partial charge in [-0.25, -0.2) is 9.37 Å².